The van der Waals surface area contributed by atoms with Crippen LogP contribution in [0.5, 0.6) is 0 Å². The van der Waals surface area contributed by atoms with Crippen LogP contribution in [0.3, 0.4) is 0 Å². The van der Waals surface area contributed by atoms with Crippen LogP contribution in [0.4, 0.5) is 0 Å². The van der Waals surface area contributed by atoms with E-state index in [9.17, 15) is 0 Å². The summed E-state index contributed by atoms with van der Waals surface area (Å²) in [5.41, 5.74) is 1.23. The number of ether oxygens (including phenoxy) is 1. The highest BCUT2D eigenvalue weighted by molar-refractivity contribution is 6.31. The van der Waals surface area contributed by atoms with E-state index in [2.05, 4.69) is 24.0 Å². The molecule has 0 amide bonds. The summed E-state index contributed by atoms with van der Waals surface area (Å²) < 4.78 is 5.40. The predicted molar refractivity (Wildman–Crippen MR) is 71.5 cm³/mol. The average Bonchev–Trinajstić information content (AvgIpc) is 2.39. The van der Waals surface area contributed by atoms with Gasteiger partial charge in [0.15, 0.2) is 0 Å². The largest absolute Gasteiger partial charge is 0.381 e. The molecule has 1 aliphatic rings. The van der Waals surface area contributed by atoms with Crippen molar-refractivity contribution in [3.63, 3.8) is 0 Å². The first-order valence-electron chi connectivity index (χ1n) is 6.23. The Morgan fingerprint density at radius 3 is 2.53 bits per heavy atom. The minimum Gasteiger partial charge on any atom is -0.381 e. The molecule has 0 saturated carbocycles. The standard InChI is InChI=1S/C14H20ClNO/c1-11(13-5-3-4-6-14(13)15)16-9-7-12(17-2)8-10-16/h3-6,11-12H,7-10H2,1-2H3. The Kier molecular flexibility index (Phi) is 4.43. The highest BCUT2D eigenvalue weighted by atomic mass is 35.5. The third-order valence-corrected chi connectivity index (χ3v) is 4.06. The average molecular weight is 254 g/mol. The van der Waals surface area contributed by atoms with Crippen molar-refractivity contribution in [2.24, 2.45) is 0 Å². The molecular formula is C14H20ClNO. The van der Waals surface area contributed by atoms with Crippen LogP contribution in [-0.4, -0.2) is 31.2 Å². The van der Waals surface area contributed by atoms with Gasteiger partial charge >= 0.3 is 0 Å². The summed E-state index contributed by atoms with van der Waals surface area (Å²) in [6, 6.07) is 8.52. The summed E-state index contributed by atoms with van der Waals surface area (Å²) in [6.45, 7) is 4.41. The van der Waals surface area contributed by atoms with Crippen molar-refractivity contribution in [2.45, 2.75) is 31.9 Å². The number of rotatable bonds is 3. The van der Waals surface area contributed by atoms with Crippen LogP contribution in [0, 0.1) is 0 Å². The molecule has 1 aliphatic heterocycles. The van der Waals surface area contributed by atoms with Gasteiger partial charge in [0, 0.05) is 31.3 Å². The molecule has 1 aromatic rings. The Morgan fingerprint density at radius 2 is 1.94 bits per heavy atom. The zero-order valence-electron chi connectivity index (χ0n) is 10.5. The molecule has 94 valence electrons. The van der Waals surface area contributed by atoms with Crippen LogP contribution in [-0.2, 0) is 4.74 Å². The summed E-state index contributed by atoms with van der Waals surface area (Å²) in [5.74, 6) is 0. The van der Waals surface area contributed by atoms with Crippen molar-refractivity contribution in [1.29, 1.82) is 0 Å². The lowest BCUT2D eigenvalue weighted by Crippen LogP contribution is -2.38. The smallest absolute Gasteiger partial charge is 0.0595 e. The molecule has 2 nitrogen and oxygen atoms in total. The Bertz CT molecular complexity index is 361. The van der Waals surface area contributed by atoms with Gasteiger partial charge in [-0.2, -0.15) is 0 Å². The topological polar surface area (TPSA) is 12.5 Å². The SMILES string of the molecule is COC1CCN(C(C)c2ccccc2Cl)CC1. The molecule has 0 radical (unpaired) electrons. The van der Waals surface area contributed by atoms with Crippen LogP contribution in [0.25, 0.3) is 0 Å². The van der Waals surface area contributed by atoms with Crippen molar-refractivity contribution < 1.29 is 4.74 Å². The van der Waals surface area contributed by atoms with Crippen molar-refractivity contribution in [2.75, 3.05) is 20.2 Å². The highest BCUT2D eigenvalue weighted by Gasteiger charge is 2.24. The zero-order chi connectivity index (χ0) is 12.3. The maximum atomic E-state index is 6.24. The Balaban J connectivity index is 2.02. The molecule has 1 atom stereocenters. The minimum absolute atomic E-state index is 0.390. The fourth-order valence-corrected chi connectivity index (χ4v) is 2.80. The predicted octanol–water partition coefficient (Wildman–Crippen LogP) is 3.51. The number of hydrogen-bond donors (Lipinski definition) is 0. The number of methoxy groups -OCH3 is 1. The molecule has 0 N–H and O–H groups in total. The van der Waals surface area contributed by atoms with Crippen molar-refractivity contribution in [3.8, 4) is 0 Å². The fraction of sp³-hybridized carbons (Fsp3) is 0.571. The van der Waals surface area contributed by atoms with E-state index in [1.165, 1.54) is 5.56 Å². The second kappa shape index (κ2) is 5.85. The van der Waals surface area contributed by atoms with E-state index in [4.69, 9.17) is 16.3 Å². The Morgan fingerprint density at radius 1 is 1.29 bits per heavy atom. The maximum absolute atomic E-state index is 6.24. The summed E-state index contributed by atoms with van der Waals surface area (Å²) in [7, 11) is 1.80. The molecule has 3 heteroatoms. The van der Waals surface area contributed by atoms with Crippen molar-refractivity contribution >= 4 is 11.6 Å². The van der Waals surface area contributed by atoms with E-state index < -0.39 is 0 Å². The van der Waals surface area contributed by atoms with Gasteiger partial charge in [-0.1, -0.05) is 29.8 Å². The molecule has 2 rings (SSSR count). The zero-order valence-corrected chi connectivity index (χ0v) is 11.3. The van der Waals surface area contributed by atoms with Crippen LogP contribution < -0.4 is 0 Å². The van der Waals surface area contributed by atoms with Gasteiger partial charge in [-0.3, -0.25) is 4.90 Å². The van der Waals surface area contributed by atoms with Gasteiger partial charge in [-0.05, 0) is 31.4 Å². The molecule has 1 heterocycles. The maximum Gasteiger partial charge on any atom is 0.0595 e. The van der Waals surface area contributed by atoms with Gasteiger partial charge < -0.3 is 4.74 Å². The molecule has 1 aromatic carbocycles. The highest BCUT2D eigenvalue weighted by Crippen LogP contribution is 2.29. The van der Waals surface area contributed by atoms with Gasteiger partial charge in [0.25, 0.3) is 0 Å². The van der Waals surface area contributed by atoms with Gasteiger partial charge in [0.05, 0.1) is 6.10 Å². The molecule has 0 bridgehead atoms. The number of hydrogen-bond acceptors (Lipinski definition) is 2. The molecule has 0 aliphatic carbocycles. The van der Waals surface area contributed by atoms with Gasteiger partial charge in [-0.15, -0.1) is 0 Å². The summed E-state index contributed by atoms with van der Waals surface area (Å²) >= 11 is 6.24. The molecular weight excluding hydrogens is 234 g/mol. The number of benzene rings is 1. The van der Waals surface area contributed by atoms with Gasteiger partial charge in [0.1, 0.15) is 0 Å². The van der Waals surface area contributed by atoms with E-state index in [0.717, 1.165) is 31.0 Å². The first kappa shape index (κ1) is 12.9. The third-order valence-electron chi connectivity index (χ3n) is 3.71. The summed E-state index contributed by atoms with van der Waals surface area (Å²) in [4.78, 5) is 2.48. The fourth-order valence-electron chi connectivity index (χ4n) is 2.51. The monoisotopic (exact) mass is 253 g/mol. The van der Waals surface area contributed by atoms with Crippen LogP contribution >= 0.6 is 11.6 Å². The molecule has 1 unspecified atom stereocenters. The molecule has 1 fully saturated rings. The van der Waals surface area contributed by atoms with E-state index >= 15 is 0 Å². The number of halogens is 1. The Labute approximate surface area is 109 Å². The number of nitrogens with zero attached hydrogens (tertiary/aromatic N) is 1. The second-order valence-electron chi connectivity index (χ2n) is 4.67. The van der Waals surface area contributed by atoms with E-state index in [0.29, 0.717) is 12.1 Å². The van der Waals surface area contributed by atoms with Crippen molar-refractivity contribution in [1.82, 2.24) is 4.90 Å². The molecule has 0 spiro atoms. The lowest BCUT2D eigenvalue weighted by Gasteiger charge is -2.36. The molecule has 0 aromatic heterocycles. The van der Waals surface area contributed by atoms with Gasteiger partial charge in [0.2, 0.25) is 0 Å². The first-order chi connectivity index (χ1) is 8.22. The second-order valence-corrected chi connectivity index (χ2v) is 5.08. The lowest BCUT2D eigenvalue weighted by molar-refractivity contribution is 0.0295. The van der Waals surface area contributed by atoms with Gasteiger partial charge in [-0.25, -0.2) is 0 Å². The van der Waals surface area contributed by atoms with Crippen LogP contribution in [0.15, 0.2) is 24.3 Å². The molecule has 1 saturated heterocycles. The summed E-state index contributed by atoms with van der Waals surface area (Å²) in [5, 5.41) is 0.869. The Hall–Kier alpha value is -0.570. The first-order valence-corrected chi connectivity index (χ1v) is 6.61. The van der Waals surface area contributed by atoms with E-state index in [1.807, 2.05) is 12.1 Å². The minimum atomic E-state index is 0.390. The van der Waals surface area contributed by atoms with Crippen LogP contribution in [0.1, 0.15) is 31.4 Å². The third kappa shape index (κ3) is 3.01. The molecule has 17 heavy (non-hydrogen) atoms. The van der Waals surface area contributed by atoms with E-state index in [-0.39, 0.29) is 0 Å². The van der Waals surface area contributed by atoms with E-state index in [1.54, 1.807) is 7.11 Å². The quantitative estimate of drug-likeness (QED) is 0.817. The lowest BCUT2D eigenvalue weighted by atomic mass is 10.0. The van der Waals surface area contributed by atoms with Crippen molar-refractivity contribution in [3.05, 3.63) is 34.9 Å². The summed E-state index contributed by atoms with van der Waals surface area (Å²) in [6.07, 6.45) is 2.67. The number of piperidine rings is 1. The normalized spacial score (nSPS) is 20.4. The van der Waals surface area contributed by atoms with Crippen LogP contribution in [0.2, 0.25) is 5.02 Å². The number of likely N-dealkylation sites (tertiary alicyclic amines) is 1.